The van der Waals surface area contributed by atoms with Crippen molar-refractivity contribution in [3.8, 4) is 62.1 Å². The van der Waals surface area contributed by atoms with Crippen molar-refractivity contribution in [2.75, 3.05) is 0 Å². The molecule has 63 heavy (non-hydrogen) atoms. The Morgan fingerprint density at radius 1 is 0.333 bits per heavy atom. The molecule has 0 radical (unpaired) electrons. The number of hydrogen-bond acceptors (Lipinski definition) is 4. The summed E-state index contributed by atoms with van der Waals surface area (Å²) in [6.07, 6.45) is 0. The minimum atomic E-state index is -0.461. The van der Waals surface area contributed by atoms with Gasteiger partial charge in [-0.1, -0.05) is 169 Å². The van der Waals surface area contributed by atoms with Crippen molar-refractivity contribution < 1.29 is 0 Å². The molecule has 2 aromatic heterocycles. The number of benzene rings is 9. The zero-order chi connectivity index (χ0) is 41.5. The number of rotatable bonds is 5. The van der Waals surface area contributed by atoms with Gasteiger partial charge in [-0.25, -0.2) is 15.0 Å². The fourth-order valence-electron chi connectivity index (χ4n) is 10.2. The molecule has 9 aromatic carbocycles. The molecule has 5 heteroatoms. The van der Waals surface area contributed by atoms with E-state index in [9.17, 15) is 0 Å². The molecule has 13 rings (SSSR count). The summed E-state index contributed by atoms with van der Waals surface area (Å²) in [5.41, 5.74) is 15.9. The van der Waals surface area contributed by atoms with Crippen LogP contribution in [-0.4, -0.2) is 19.5 Å². The van der Waals surface area contributed by atoms with E-state index in [1.807, 2.05) is 36.0 Å². The van der Waals surface area contributed by atoms with Crippen LogP contribution in [0, 0.1) is 0 Å². The van der Waals surface area contributed by atoms with Crippen LogP contribution in [0.1, 0.15) is 22.3 Å². The van der Waals surface area contributed by atoms with Crippen LogP contribution >= 0.6 is 11.8 Å². The van der Waals surface area contributed by atoms with Crippen LogP contribution in [0.5, 0.6) is 0 Å². The van der Waals surface area contributed by atoms with Gasteiger partial charge in [-0.15, -0.1) is 0 Å². The Kier molecular flexibility index (Phi) is 8.02. The largest absolute Gasteiger partial charge is 0.309 e. The van der Waals surface area contributed by atoms with Gasteiger partial charge in [0.05, 0.1) is 16.4 Å². The van der Waals surface area contributed by atoms with Crippen molar-refractivity contribution in [1.29, 1.82) is 0 Å². The Morgan fingerprint density at radius 3 is 1.59 bits per heavy atom. The molecular formula is C58H36N4S. The molecule has 0 saturated heterocycles. The first-order valence-corrected chi connectivity index (χ1v) is 22.2. The van der Waals surface area contributed by atoms with Gasteiger partial charge >= 0.3 is 0 Å². The quantitative estimate of drug-likeness (QED) is 0.173. The molecule has 0 fully saturated rings. The van der Waals surface area contributed by atoms with E-state index in [-0.39, 0.29) is 0 Å². The zero-order valence-corrected chi connectivity index (χ0v) is 34.8. The Morgan fingerprint density at radius 2 is 0.873 bits per heavy atom. The van der Waals surface area contributed by atoms with Crippen LogP contribution < -0.4 is 0 Å². The molecule has 0 bridgehead atoms. The molecule has 11 aromatic rings. The fourth-order valence-corrected chi connectivity index (χ4v) is 11.4. The molecule has 2 aliphatic rings. The predicted octanol–water partition coefficient (Wildman–Crippen LogP) is 14.5. The minimum Gasteiger partial charge on any atom is -0.309 e. The zero-order valence-electron chi connectivity index (χ0n) is 34.0. The summed E-state index contributed by atoms with van der Waals surface area (Å²) in [5, 5.41) is 2.46. The predicted molar refractivity (Wildman–Crippen MR) is 257 cm³/mol. The minimum absolute atomic E-state index is 0.461. The van der Waals surface area contributed by atoms with Crippen molar-refractivity contribution in [3.05, 3.63) is 241 Å². The van der Waals surface area contributed by atoms with Gasteiger partial charge in [0.15, 0.2) is 17.5 Å². The second kappa shape index (κ2) is 14.1. The number of fused-ring (bicyclic) bond motifs is 12. The Bertz CT molecular complexity index is 3550. The third kappa shape index (κ3) is 5.46. The summed E-state index contributed by atoms with van der Waals surface area (Å²) >= 11 is 1.88. The van der Waals surface area contributed by atoms with Gasteiger partial charge in [0.2, 0.25) is 0 Å². The van der Waals surface area contributed by atoms with Gasteiger partial charge in [0, 0.05) is 42.9 Å². The molecule has 0 N–H and O–H groups in total. The van der Waals surface area contributed by atoms with Crippen LogP contribution in [0.25, 0.3) is 83.9 Å². The van der Waals surface area contributed by atoms with E-state index in [0.29, 0.717) is 17.5 Å². The standard InChI is InChI=1S/C58H36N4S/c1-3-16-37(17-4-1)40-20-15-21-41(34-40)57-60-55(38-18-5-2-6-19-38)59-56(61-57)39-30-32-42(33-31-39)62-51-27-12-8-23-44(51)46-35-45-43-22-7-9-24-47(43)58(50(45)36-52(46)62)48-25-10-13-28-53(48)63-54-29-14-11-26-49(54)58/h1-36H. The molecule has 4 nitrogen and oxygen atoms in total. The second-order valence-corrected chi connectivity index (χ2v) is 17.4. The van der Waals surface area contributed by atoms with Crippen molar-refractivity contribution in [2.45, 2.75) is 15.2 Å². The first-order chi connectivity index (χ1) is 31.2. The van der Waals surface area contributed by atoms with E-state index in [2.05, 4.69) is 199 Å². The monoisotopic (exact) mass is 820 g/mol. The lowest BCUT2D eigenvalue weighted by atomic mass is 9.67. The van der Waals surface area contributed by atoms with E-state index >= 15 is 0 Å². The normalized spacial score (nSPS) is 13.1. The SMILES string of the molecule is c1ccc(-c2cccc(-c3nc(-c4ccccc4)nc(-c4ccc(-n5c6ccccc6c6cc7c(cc65)C5(c6ccccc6Sc6ccccc65)c5ccccc5-7)cc4)n3)c2)cc1. The maximum atomic E-state index is 5.14. The maximum absolute atomic E-state index is 5.14. The molecular weight excluding hydrogens is 785 g/mol. The van der Waals surface area contributed by atoms with Gasteiger partial charge in [0.1, 0.15) is 0 Å². The van der Waals surface area contributed by atoms with Crippen molar-refractivity contribution >= 4 is 33.6 Å². The van der Waals surface area contributed by atoms with Crippen LogP contribution in [0.3, 0.4) is 0 Å². The summed E-state index contributed by atoms with van der Waals surface area (Å²) < 4.78 is 2.43. The van der Waals surface area contributed by atoms with E-state index < -0.39 is 5.41 Å². The van der Waals surface area contributed by atoms with Gasteiger partial charge in [-0.3, -0.25) is 0 Å². The van der Waals surface area contributed by atoms with Gasteiger partial charge < -0.3 is 4.57 Å². The molecule has 0 unspecified atom stereocenters. The van der Waals surface area contributed by atoms with E-state index in [1.54, 1.807) is 0 Å². The van der Waals surface area contributed by atoms with Crippen molar-refractivity contribution in [2.24, 2.45) is 0 Å². The maximum Gasteiger partial charge on any atom is 0.164 e. The number of para-hydroxylation sites is 1. The average molecular weight is 821 g/mol. The highest BCUT2D eigenvalue weighted by Gasteiger charge is 2.50. The first-order valence-electron chi connectivity index (χ1n) is 21.3. The molecule has 3 heterocycles. The molecule has 294 valence electrons. The number of nitrogens with zero attached hydrogens (tertiary/aromatic N) is 4. The molecule has 0 amide bonds. The van der Waals surface area contributed by atoms with Crippen LogP contribution in [0.15, 0.2) is 228 Å². The number of hydrogen-bond donors (Lipinski definition) is 0. The summed E-state index contributed by atoms with van der Waals surface area (Å²) in [4.78, 5) is 17.9. The second-order valence-electron chi connectivity index (χ2n) is 16.3. The molecule has 1 aliphatic heterocycles. The molecule has 0 saturated carbocycles. The lowest BCUT2D eigenvalue weighted by molar-refractivity contribution is 0.723. The molecule has 1 spiro atoms. The lowest BCUT2D eigenvalue weighted by Crippen LogP contribution is -2.31. The van der Waals surface area contributed by atoms with Crippen LogP contribution in [0.4, 0.5) is 0 Å². The van der Waals surface area contributed by atoms with Gasteiger partial charge in [0.25, 0.3) is 0 Å². The Hall–Kier alpha value is -7.86. The smallest absolute Gasteiger partial charge is 0.164 e. The summed E-state index contributed by atoms with van der Waals surface area (Å²) in [6.45, 7) is 0. The summed E-state index contributed by atoms with van der Waals surface area (Å²) in [5.74, 6) is 1.90. The van der Waals surface area contributed by atoms with E-state index in [0.717, 1.165) is 33.5 Å². The van der Waals surface area contributed by atoms with Crippen molar-refractivity contribution in [3.63, 3.8) is 0 Å². The highest BCUT2D eigenvalue weighted by atomic mass is 32.2. The Labute approximate surface area is 369 Å². The summed E-state index contributed by atoms with van der Waals surface area (Å²) in [6, 6.07) is 78.6. The Balaban J connectivity index is 0.992. The van der Waals surface area contributed by atoms with Crippen LogP contribution in [0.2, 0.25) is 0 Å². The van der Waals surface area contributed by atoms with E-state index in [4.69, 9.17) is 15.0 Å². The first kappa shape index (κ1) is 35.9. The molecule has 0 atom stereocenters. The third-order valence-corrected chi connectivity index (χ3v) is 14.1. The highest BCUT2D eigenvalue weighted by molar-refractivity contribution is 7.99. The highest BCUT2D eigenvalue weighted by Crippen LogP contribution is 2.62. The number of aromatic nitrogens is 4. The lowest BCUT2D eigenvalue weighted by Gasteiger charge is -2.39. The van der Waals surface area contributed by atoms with E-state index in [1.165, 1.54) is 65.0 Å². The fraction of sp³-hybridized carbons (Fsp3) is 0.0172. The average Bonchev–Trinajstić information content (AvgIpc) is 3.83. The molecule has 1 aliphatic carbocycles. The van der Waals surface area contributed by atoms with Gasteiger partial charge in [-0.05, 0) is 105 Å². The third-order valence-electron chi connectivity index (χ3n) is 12.9. The topological polar surface area (TPSA) is 43.6 Å². The van der Waals surface area contributed by atoms with Gasteiger partial charge in [-0.2, -0.15) is 0 Å². The summed E-state index contributed by atoms with van der Waals surface area (Å²) in [7, 11) is 0. The van der Waals surface area contributed by atoms with Crippen molar-refractivity contribution in [1.82, 2.24) is 19.5 Å². The van der Waals surface area contributed by atoms with Crippen LogP contribution in [-0.2, 0) is 5.41 Å².